The third kappa shape index (κ3) is 4.84. The van der Waals surface area contributed by atoms with E-state index in [0.29, 0.717) is 24.5 Å². The fraction of sp³-hybridized carbons (Fsp3) is 0.192. The van der Waals surface area contributed by atoms with E-state index in [-0.39, 0.29) is 23.9 Å². The van der Waals surface area contributed by atoms with E-state index in [1.165, 1.54) is 4.31 Å². The Balaban J connectivity index is 1.26. The first kappa shape index (κ1) is 23.6. The Morgan fingerprint density at radius 3 is 2.29 bits per heavy atom. The van der Waals surface area contributed by atoms with Crippen LogP contribution in [0.2, 0.25) is 0 Å². The fourth-order valence-electron chi connectivity index (χ4n) is 4.22. The van der Waals surface area contributed by atoms with Crippen LogP contribution in [0.1, 0.15) is 16.2 Å². The largest absolute Gasteiger partial charge is 0.336 e. The maximum Gasteiger partial charge on any atom is 0.253 e. The van der Waals surface area contributed by atoms with Crippen LogP contribution in [-0.4, -0.2) is 59.7 Å². The highest BCUT2D eigenvalue weighted by Crippen LogP contribution is 2.26. The lowest BCUT2D eigenvalue weighted by Gasteiger charge is -2.34. The van der Waals surface area contributed by atoms with E-state index in [4.69, 9.17) is 0 Å². The number of carbonyl (C=O) groups excluding carboxylic acids is 1. The quantitative estimate of drug-likeness (QED) is 0.373. The number of aromatic nitrogens is 2. The molecule has 9 heteroatoms. The molecule has 0 saturated carbocycles. The minimum atomic E-state index is -3.65. The van der Waals surface area contributed by atoms with Crippen molar-refractivity contribution in [2.24, 2.45) is 0 Å². The molecule has 1 aromatic heterocycles. The van der Waals surface area contributed by atoms with E-state index in [1.54, 1.807) is 35.4 Å². The maximum atomic E-state index is 13.2. The Hall–Kier alpha value is -3.14. The van der Waals surface area contributed by atoms with Crippen LogP contribution in [0, 0.1) is 6.92 Å². The Kier molecular flexibility index (Phi) is 6.39. The van der Waals surface area contributed by atoms with E-state index >= 15 is 0 Å². The molecule has 0 aliphatic carbocycles. The topological polar surface area (TPSA) is 83.5 Å². The maximum absolute atomic E-state index is 13.2. The lowest BCUT2D eigenvalue weighted by molar-refractivity contribution is 0.0698. The molecule has 1 aliphatic rings. The number of piperazine rings is 1. The van der Waals surface area contributed by atoms with Gasteiger partial charge >= 0.3 is 0 Å². The van der Waals surface area contributed by atoms with E-state index in [9.17, 15) is 13.2 Å². The van der Waals surface area contributed by atoms with Crippen molar-refractivity contribution in [3.8, 4) is 11.3 Å². The van der Waals surface area contributed by atoms with Crippen molar-refractivity contribution >= 4 is 42.6 Å². The van der Waals surface area contributed by atoms with Crippen LogP contribution in [0.5, 0.6) is 0 Å². The summed E-state index contributed by atoms with van der Waals surface area (Å²) in [5, 5.41) is 1.83. The van der Waals surface area contributed by atoms with Gasteiger partial charge in [0.15, 0.2) is 0 Å². The first-order valence-corrected chi connectivity index (χ1v) is 13.4. The normalized spacial score (nSPS) is 14.9. The summed E-state index contributed by atoms with van der Waals surface area (Å²) < 4.78 is 28.9. The summed E-state index contributed by atoms with van der Waals surface area (Å²) >= 11 is 3.44. The molecule has 0 N–H and O–H groups in total. The highest BCUT2D eigenvalue weighted by atomic mass is 79.9. The number of carbonyl (C=O) groups is 1. The van der Waals surface area contributed by atoms with E-state index < -0.39 is 10.0 Å². The average molecular weight is 551 g/mol. The number of nitrogens with zero attached hydrogens (tertiary/aromatic N) is 4. The molecule has 0 bridgehead atoms. The molecule has 4 aromatic rings. The van der Waals surface area contributed by atoms with Gasteiger partial charge in [-0.2, -0.15) is 4.31 Å². The Bertz CT molecular complexity index is 1520. The molecule has 0 spiro atoms. The lowest BCUT2D eigenvalue weighted by atomic mass is 10.1. The van der Waals surface area contributed by atoms with Gasteiger partial charge < -0.3 is 4.90 Å². The average Bonchev–Trinajstić information content (AvgIpc) is 2.88. The summed E-state index contributed by atoms with van der Waals surface area (Å²) in [6.07, 6.45) is 1.71. The molecule has 0 unspecified atom stereocenters. The molecule has 178 valence electrons. The summed E-state index contributed by atoms with van der Waals surface area (Å²) in [5.74, 6) is 0.580. The molecule has 35 heavy (non-hydrogen) atoms. The van der Waals surface area contributed by atoms with Gasteiger partial charge in [-0.3, -0.25) is 4.79 Å². The second-order valence-electron chi connectivity index (χ2n) is 8.42. The first-order chi connectivity index (χ1) is 16.8. The Labute approximate surface area is 212 Å². The number of benzene rings is 3. The lowest BCUT2D eigenvalue weighted by Crippen LogP contribution is -2.50. The molecule has 2 heterocycles. The van der Waals surface area contributed by atoms with Crippen LogP contribution in [0.15, 0.2) is 82.3 Å². The van der Waals surface area contributed by atoms with Gasteiger partial charge in [0.25, 0.3) is 5.91 Å². The zero-order chi connectivity index (χ0) is 24.6. The minimum absolute atomic E-state index is 0.108. The number of aryl methyl sites for hydroxylation is 1. The number of halogens is 1. The molecule has 0 radical (unpaired) electrons. The molecule has 7 nitrogen and oxygen atoms in total. The SMILES string of the molecule is Cc1nccc(-c2ccc(C(=O)N3CCN(S(=O)(=O)c4ccc5cc(Br)ccc5c4)CC3)cc2)n1. The van der Waals surface area contributed by atoms with Gasteiger partial charge in [-0.05, 0) is 60.2 Å². The summed E-state index contributed by atoms with van der Waals surface area (Å²) in [7, 11) is -3.65. The molecule has 1 saturated heterocycles. The van der Waals surface area contributed by atoms with Crippen molar-refractivity contribution in [2.45, 2.75) is 11.8 Å². The van der Waals surface area contributed by atoms with Crippen LogP contribution in [-0.2, 0) is 10.0 Å². The Morgan fingerprint density at radius 1 is 0.886 bits per heavy atom. The Morgan fingerprint density at radius 2 is 1.57 bits per heavy atom. The van der Waals surface area contributed by atoms with Crippen LogP contribution < -0.4 is 0 Å². The monoisotopic (exact) mass is 550 g/mol. The molecular weight excluding hydrogens is 528 g/mol. The first-order valence-electron chi connectivity index (χ1n) is 11.2. The number of hydrogen-bond acceptors (Lipinski definition) is 5. The second-order valence-corrected chi connectivity index (χ2v) is 11.3. The number of amides is 1. The number of rotatable bonds is 4. The van der Waals surface area contributed by atoms with Gasteiger partial charge in [0.2, 0.25) is 10.0 Å². The zero-order valence-corrected chi connectivity index (χ0v) is 21.5. The summed E-state index contributed by atoms with van der Waals surface area (Å²) in [5.41, 5.74) is 2.28. The van der Waals surface area contributed by atoms with Crippen molar-refractivity contribution in [1.82, 2.24) is 19.2 Å². The molecule has 3 aromatic carbocycles. The highest BCUT2D eigenvalue weighted by molar-refractivity contribution is 9.10. The van der Waals surface area contributed by atoms with Gasteiger partial charge in [0.1, 0.15) is 5.82 Å². The highest BCUT2D eigenvalue weighted by Gasteiger charge is 2.30. The van der Waals surface area contributed by atoms with Gasteiger partial charge in [-0.25, -0.2) is 18.4 Å². The molecule has 0 atom stereocenters. The van der Waals surface area contributed by atoms with Crippen molar-refractivity contribution < 1.29 is 13.2 Å². The molecule has 1 amide bonds. The van der Waals surface area contributed by atoms with Crippen molar-refractivity contribution in [2.75, 3.05) is 26.2 Å². The van der Waals surface area contributed by atoms with Crippen LogP contribution in [0.3, 0.4) is 0 Å². The number of sulfonamides is 1. The van der Waals surface area contributed by atoms with Crippen LogP contribution in [0.4, 0.5) is 0 Å². The molecule has 1 aliphatic heterocycles. The summed E-state index contributed by atoms with van der Waals surface area (Å²) in [6, 6.07) is 20.0. The second kappa shape index (κ2) is 9.49. The van der Waals surface area contributed by atoms with Crippen molar-refractivity contribution in [3.05, 3.63) is 88.8 Å². The van der Waals surface area contributed by atoms with E-state index in [0.717, 1.165) is 26.5 Å². The van der Waals surface area contributed by atoms with Gasteiger partial charge in [0, 0.05) is 48.0 Å². The van der Waals surface area contributed by atoms with Crippen LogP contribution in [0.25, 0.3) is 22.0 Å². The predicted octanol–water partition coefficient (Wildman–Crippen LogP) is 4.51. The van der Waals surface area contributed by atoms with Crippen molar-refractivity contribution in [3.63, 3.8) is 0 Å². The fourth-order valence-corrected chi connectivity index (χ4v) is 6.06. The van der Waals surface area contributed by atoms with Crippen LogP contribution >= 0.6 is 15.9 Å². The van der Waals surface area contributed by atoms with Crippen molar-refractivity contribution in [1.29, 1.82) is 0 Å². The molecule has 5 rings (SSSR count). The van der Waals surface area contributed by atoms with Gasteiger partial charge in [-0.15, -0.1) is 0 Å². The van der Waals surface area contributed by atoms with Gasteiger partial charge in [-0.1, -0.05) is 40.2 Å². The third-order valence-electron chi connectivity index (χ3n) is 6.14. The van der Waals surface area contributed by atoms with E-state index in [1.807, 2.05) is 49.4 Å². The predicted molar refractivity (Wildman–Crippen MR) is 139 cm³/mol. The molecule has 1 fully saturated rings. The standard InChI is InChI=1S/C26H23BrN4O3S/c1-18-28-11-10-25(29-18)19-2-4-20(5-3-19)26(32)30-12-14-31(15-13-30)35(33,34)24-9-7-21-16-23(27)8-6-22(21)17-24/h2-11,16-17H,12-15H2,1H3. The summed E-state index contributed by atoms with van der Waals surface area (Å²) in [6.45, 7) is 3.02. The third-order valence-corrected chi connectivity index (χ3v) is 8.53. The minimum Gasteiger partial charge on any atom is -0.336 e. The van der Waals surface area contributed by atoms with E-state index in [2.05, 4.69) is 25.9 Å². The number of hydrogen-bond donors (Lipinski definition) is 0. The van der Waals surface area contributed by atoms with Gasteiger partial charge in [0.05, 0.1) is 10.6 Å². The zero-order valence-electron chi connectivity index (χ0n) is 19.1. The summed E-state index contributed by atoms with van der Waals surface area (Å²) in [4.78, 5) is 23.5. The molecular formula is C26H23BrN4O3S. The smallest absolute Gasteiger partial charge is 0.253 e. The number of fused-ring (bicyclic) bond motifs is 1.